The normalized spacial score (nSPS) is 14.9. The van der Waals surface area contributed by atoms with Gasteiger partial charge in [-0.15, -0.1) is 0 Å². The molecule has 0 aliphatic carbocycles. The van der Waals surface area contributed by atoms with Gasteiger partial charge in [-0.1, -0.05) is 0 Å². The van der Waals surface area contributed by atoms with Gasteiger partial charge < -0.3 is 25.0 Å². The number of nitrogens with zero attached hydrogens (tertiary/aromatic N) is 1. The number of hydrogen-bond acceptors (Lipinski definition) is 5. The van der Waals surface area contributed by atoms with Crippen molar-refractivity contribution < 1.29 is 14.3 Å². The maximum Gasteiger partial charge on any atom is 0.246 e. The Balaban J connectivity index is 1.61. The Bertz CT molecular complexity index is 786. The minimum Gasteiger partial charge on any atom is -0.497 e. The number of rotatable bonds is 7. The van der Waals surface area contributed by atoms with Crippen LogP contribution in [0.25, 0.3) is 0 Å². The summed E-state index contributed by atoms with van der Waals surface area (Å²) in [5, 5.41) is 6.16. The van der Waals surface area contributed by atoms with E-state index in [-0.39, 0.29) is 5.91 Å². The van der Waals surface area contributed by atoms with Gasteiger partial charge in [0, 0.05) is 30.5 Å². The summed E-state index contributed by atoms with van der Waals surface area (Å²) in [6.07, 6.45) is 3.83. The molecule has 1 heterocycles. The molecule has 0 bridgehead atoms. The third-order valence-corrected chi connectivity index (χ3v) is 5.03. The van der Waals surface area contributed by atoms with Crippen molar-refractivity contribution in [1.29, 1.82) is 0 Å². The standard InChI is InChI=1S/C22H29N3O3/c1-16(22(26)24-20-15-19(27-2)11-12-21(20)28-3)23-17-7-9-18(10-8-17)25-13-5-4-6-14-25/h7-12,15-16,23H,4-6,13-14H2,1-3H3,(H,24,26)/t16-/m0/s1. The molecule has 0 aromatic heterocycles. The van der Waals surface area contributed by atoms with Crippen LogP contribution >= 0.6 is 0 Å². The maximum atomic E-state index is 12.6. The van der Waals surface area contributed by atoms with Crippen LogP contribution in [-0.2, 0) is 4.79 Å². The second-order valence-electron chi connectivity index (χ2n) is 7.02. The van der Waals surface area contributed by atoms with Crippen molar-refractivity contribution in [1.82, 2.24) is 0 Å². The van der Waals surface area contributed by atoms with Crippen molar-refractivity contribution in [2.75, 3.05) is 42.8 Å². The molecule has 0 saturated carbocycles. The molecule has 6 heteroatoms. The molecule has 2 N–H and O–H groups in total. The average Bonchev–Trinajstić information content (AvgIpc) is 2.74. The van der Waals surface area contributed by atoms with Crippen LogP contribution in [0, 0.1) is 0 Å². The Hall–Kier alpha value is -2.89. The molecule has 0 radical (unpaired) electrons. The van der Waals surface area contributed by atoms with Crippen molar-refractivity contribution in [3.05, 3.63) is 42.5 Å². The molecule has 28 heavy (non-hydrogen) atoms. The van der Waals surface area contributed by atoms with Crippen LogP contribution in [0.15, 0.2) is 42.5 Å². The number of amides is 1. The Morgan fingerprint density at radius 1 is 1.00 bits per heavy atom. The third-order valence-electron chi connectivity index (χ3n) is 5.03. The van der Waals surface area contributed by atoms with Gasteiger partial charge in [-0.05, 0) is 62.6 Å². The molecule has 6 nitrogen and oxygen atoms in total. The van der Waals surface area contributed by atoms with Gasteiger partial charge in [0.05, 0.1) is 19.9 Å². The van der Waals surface area contributed by atoms with Crippen LogP contribution in [0.1, 0.15) is 26.2 Å². The van der Waals surface area contributed by atoms with Gasteiger partial charge in [0.15, 0.2) is 0 Å². The van der Waals surface area contributed by atoms with Crippen LogP contribution < -0.4 is 25.0 Å². The van der Waals surface area contributed by atoms with E-state index in [4.69, 9.17) is 9.47 Å². The lowest BCUT2D eigenvalue weighted by atomic mass is 10.1. The maximum absolute atomic E-state index is 12.6. The lowest BCUT2D eigenvalue weighted by molar-refractivity contribution is -0.116. The highest BCUT2D eigenvalue weighted by Gasteiger charge is 2.16. The first-order chi connectivity index (χ1) is 13.6. The fourth-order valence-electron chi connectivity index (χ4n) is 3.39. The summed E-state index contributed by atoms with van der Waals surface area (Å²) in [4.78, 5) is 15.0. The van der Waals surface area contributed by atoms with Crippen molar-refractivity contribution in [3.63, 3.8) is 0 Å². The number of carbonyl (C=O) groups excluding carboxylic acids is 1. The minimum atomic E-state index is -0.406. The highest BCUT2D eigenvalue weighted by atomic mass is 16.5. The molecule has 2 aromatic rings. The number of ether oxygens (including phenoxy) is 2. The summed E-state index contributed by atoms with van der Waals surface area (Å²) >= 11 is 0. The van der Waals surface area contributed by atoms with Gasteiger partial charge in [-0.2, -0.15) is 0 Å². The van der Waals surface area contributed by atoms with Crippen LogP contribution in [0.4, 0.5) is 17.1 Å². The molecule has 1 atom stereocenters. The molecule has 2 aromatic carbocycles. The molecule has 0 unspecified atom stereocenters. The van der Waals surface area contributed by atoms with E-state index in [2.05, 4.69) is 27.7 Å². The van der Waals surface area contributed by atoms with Gasteiger partial charge in [-0.3, -0.25) is 4.79 Å². The monoisotopic (exact) mass is 383 g/mol. The number of carbonyl (C=O) groups is 1. The molecule has 1 amide bonds. The van der Waals surface area contributed by atoms with Crippen LogP contribution in [0.5, 0.6) is 11.5 Å². The van der Waals surface area contributed by atoms with Crippen molar-refractivity contribution in [2.45, 2.75) is 32.2 Å². The first-order valence-electron chi connectivity index (χ1n) is 9.75. The largest absolute Gasteiger partial charge is 0.497 e. The SMILES string of the molecule is COc1ccc(OC)c(NC(=O)[C@H](C)Nc2ccc(N3CCCCC3)cc2)c1. The summed E-state index contributed by atoms with van der Waals surface area (Å²) < 4.78 is 10.5. The Morgan fingerprint density at radius 3 is 2.36 bits per heavy atom. The highest BCUT2D eigenvalue weighted by Crippen LogP contribution is 2.29. The Kier molecular flexibility index (Phi) is 6.63. The van der Waals surface area contributed by atoms with E-state index in [0.717, 1.165) is 18.8 Å². The summed E-state index contributed by atoms with van der Waals surface area (Å²) in [5.41, 5.74) is 2.74. The molecule has 0 spiro atoms. The second-order valence-corrected chi connectivity index (χ2v) is 7.02. The molecular formula is C22H29N3O3. The zero-order valence-electron chi connectivity index (χ0n) is 16.8. The van der Waals surface area contributed by atoms with E-state index >= 15 is 0 Å². The number of nitrogens with one attached hydrogen (secondary N) is 2. The molecule has 150 valence electrons. The molecule has 1 saturated heterocycles. The van der Waals surface area contributed by atoms with Crippen molar-refractivity contribution in [3.8, 4) is 11.5 Å². The summed E-state index contributed by atoms with van der Waals surface area (Å²) in [6.45, 7) is 4.07. The van der Waals surface area contributed by atoms with E-state index in [1.54, 1.807) is 32.4 Å². The topological polar surface area (TPSA) is 62.8 Å². The zero-order valence-corrected chi connectivity index (χ0v) is 16.8. The molecule has 1 fully saturated rings. The van der Waals surface area contributed by atoms with Crippen LogP contribution in [-0.4, -0.2) is 39.3 Å². The lowest BCUT2D eigenvalue weighted by Crippen LogP contribution is -2.32. The number of piperidine rings is 1. The summed E-state index contributed by atoms with van der Waals surface area (Å²) in [7, 11) is 3.16. The smallest absolute Gasteiger partial charge is 0.246 e. The molecular weight excluding hydrogens is 354 g/mol. The Labute approximate surface area is 166 Å². The first kappa shape index (κ1) is 19.9. The Morgan fingerprint density at radius 2 is 1.71 bits per heavy atom. The van der Waals surface area contributed by atoms with E-state index in [1.807, 2.05) is 19.1 Å². The highest BCUT2D eigenvalue weighted by molar-refractivity contribution is 5.97. The number of benzene rings is 2. The number of methoxy groups -OCH3 is 2. The fourth-order valence-corrected chi connectivity index (χ4v) is 3.39. The van der Waals surface area contributed by atoms with Crippen molar-refractivity contribution in [2.24, 2.45) is 0 Å². The molecule has 3 rings (SSSR count). The average molecular weight is 383 g/mol. The number of anilines is 3. The number of hydrogen-bond donors (Lipinski definition) is 2. The predicted molar refractivity (Wildman–Crippen MR) is 114 cm³/mol. The van der Waals surface area contributed by atoms with Gasteiger partial charge in [0.1, 0.15) is 17.5 Å². The third kappa shape index (κ3) is 4.88. The van der Waals surface area contributed by atoms with Crippen LogP contribution in [0.3, 0.4) is 0 Å². The quantitative estimate of drug-likeness (QED) is 0.753. The fraction of sp³-hybridized carbons (Fsp3) is 0.409. The van der Waals surface area contributed by atoms with E-state index in [9.17, 15) is 4.79 Å². The van der Waals surface area contributed by atoms with Gasteiger partial charge in [0.2, 0.25) is 5.91 Å². The van der Waals surface area contributed by atoms with E-state index < -0.39 is 6.04 Å². The van der Waals surface area contributed by atoms with E-state index in [1.165, 1.54) is 24.9 Å². The van der Waals surface area contributed by atoms with E-state index in [0.29, 0.717) is 17.2 Å². The van der Waals surface area contributed by atoms with Crippen molar-refractivity contribution >= 4 is 23.0 Å². The first-order valence-corrected chi connectivity index (χ1v) is 9.75. The van der Waals surface area contributed by atoms with Gasteiger partial charge in [-0.25, -0.2) is 0 Å². The second kappa shape index (κ2) is 9.35. The molecule has 1 aliphatic rings. The zero-order chi connectivity index (χ0) is 19.9. The minimum absolute atomic E-state index is 0.147. The van der Waals surface area contributed by atoms with Crippen LogP contribution in [0.2, 0.25) is 0 Å². The molecule has 1 aliphatic heterocycles. The summed E-state index contributed by atoms with van der Waals surface area (Å²) in [6, 6.07) is 13.2. The predicted octanol–water partition coefficient (Wildman–Crippen LogP) is 4.13. The lowest BCUT2D eigenvalue weighted by Gasteiger charge is -2.29. The van der Waals surface area contributed by atoms with Gasteiger partial charge in [0.25, 0.3) is 0 Å². The summed E-state index contributed by atoms with van der Waals surface area (Å²) in [5.74, 6) is 1.10. The van der Waals surface area contributed by atoms with Gasteiger partial charge >= 0.3 is 0 Å².